The Bertz CT molecular complexity index is 1490. The summed E-state index contributed by atoms with van der Waals surface area (Å²) in [5.74, 6) is -4.56. The molecule has 0 spiro atoms. The molecule has 0 radical (unpaired) electrons. The van der Waals surface area contributed by atoms with Gasteiger partial charge in [-0.25, -0.2) is 0 Å². The highest BCUT2D eigenvalue weighted by Crippen LogP contribution is 2.35. The molecule has 0 saturated heterocycles. The van der Waals surface area contributed by atoms with Gasteiger partial charge in [-0.2, -0.15) is 0 Å². The van der Waals surface area contributed by atoms with Crippen molar-refractivity contribution in [3.8, 4) is 0 Å². The van der Waals surface area contributed by atoms with Crippen molar-refractivity contribution in [1.82, 2.24) is 16.0 Å². The molecule has 2 amide bonds. The number of carboxylic acids is 1. The zero-order chi connectivity index (χ0) is 36.0. The number of hydrogen-bond acceptors (Lipinski definition) is 9. The number of amides is 2. The van der Waals surface area contributed by atoms with E-state index in [4.69, 9.17) is 32.8 Å². The van der Waals surface area contributed by atoms with Crippen LogP contribution < -0.4 is 16.0 Å². The van der Waals surface area contributed by atoms with Crippen molar-refractivity contribution in [2.24, 2.45) is 22.9 Å². The third-order valence-corrected chi connectivity index (χ3v) is 11.1. The Hall–Kier alpha value is -3.64. The van der Waals surface area contributed by atoms with E-state index in [1.807, 2.05) is 50.3 Å². The number of ketones is 1. The van der Waals surface area contributed by atoms with E-state index < -0.39 is 71.0 Å². The number of benzene rings is 1. The number of Topliss-reactive ketones (excluding diaryl/α,β-unsaturated/α-hetero) is 1. The first-order valence-corrected chi connectivity index (χ1v) is 18.3. The number of ether oxygens (including phenoxy) is 1. The van der Waals surface area contributed by atoms with Gasteiger partial charge in [0.1, 0.15) is 6.04 Å². The standard InChI is InChI=1S/C36H46Cl2N4O8/c1-20(2)32(41-33(46)27-15-22-11-6-7-14-25(22)39-27)28-18-36(50-42-28,17-21-9-4-3-5-10-21)35(48)40-26(16-30(44)45)29(43)19-49-34(47)31-23(37)12-8-13-24(31)38/h3-5,9-10,15,20,22-26,31-32,39H,6-8,11-14,16-19H2,1-2H3,(H,40,48)(H,41,46)(H,44,45)/t22?,23?,24?,25?,26-,31?,32-,36?/m0/s1. The highest BCUT2D eigenvalue weighted by atomic mass is 35.5. The lowest BCUT2D eigenvalue weighted by molar-refractivity contribution is -0.154. The number of rotatable bonds is 14. The van der Waals surface area contributed by atoms with Crippen LogP contribution in [0.4, 0.5) is 0 Å². The highest BCUT2D eigenvalue weighted by Gasteiger charge is 2.50. The summed E-state index contributed by atoms with van der Waals surface area (Å²) in [7, 11) is 0. The maximum Gasteiger partial charge on any atom is 0.312 e. The molecule has 272 valence electrons. The summed E-state index contributed by atoms with van der Waals surface area (Å²) in [5.41, 5.74) is 0.0369. The van der Waals surface area contributed by atoms with Crippen LogP contribution in [0.3, 0.4) is 0 Å². The number of halogens is 2. The molecule has 50 heavy (non-hydrogen) atoms. The van der Waals surface area contributed by atoms with E-state index in [-0.39, 0.29) is 30.7 Å². The Morgan fingerprint density at radius 2 is 1.72 bits per heavy atom. The summed E-state index contributed by atoms with van der Waals surface area (Å²) in [6.07, 6.45) is 7.46. The van der Waals surface area contributed by atoms with Crippen LogP contribution in [0.2, 0.25) is 0 Å². The zero-order valence-corrected chi connectivity index (χ0v) is 29.9. The quantitative estimate of drug-likeness (QED) is 0.163. The van der Waals surface area contributed by atoms with E-state index in [1.54, 1.807) is 0 Å². The minimum Gasteiger partial charge on any atom is -0.481 e. The molecule has 1 aromatic carbocycles. The molecule has 4 aliphatic rings. The minimum absolute atomic E-state index is 0.0343. The van der Waals surface area contributed by atoms with Crippen LogP contribution >= 0.6 is 23.2 Å². The maximum absolute atomic E-state index is 14.1. The van der Waals surface area contributed by atoms with Gasteiger partial charge in [0.05, 0.1) is 29.8 Å². The molecule has 2 aliphatic heterocycles. The minimum atomic E-state index is -1.66. The van der Waals surface area contributed by atoms with E-state index in [2.05, 4.69) is 21.1 Å². The van der Waals surface area contributed by atoms with E-state index >= 15 is 0 Å². The fraction of sp³-hybridized carbons (Fsp3) is 0.611. The largest absolute Gasteiger partial charge is 0.481 e. The number of nitrogens with zero attached hydrogens (tertiary/aromatic N) is 1. The van der Waals surface area contributed by atoms with Gasteiger partial charge in [0.25, 0.3) is 11.8 Å². The monoisotopic (exact) mass is 732 g/mol. The molecule has 5 rings (SSSR count). The van der Waals surface area contributed by atoms with Gasteiger partial charge in [0.15, 0.2) is 12.4 Å². The van der Waals surface area contributed by atoms with Crippen molar-refractivity contribution in [1.29, 1.82) is 0 Å². The summed E-state index contributed by atoms with van der Waals surface area (Å²) < 4.78 is 5.25. The van der Waals surface area contributed by atoms with E-state index in [1.165, 1.54) is 0 Å². The smallest absolute Gasteiger partial charge is 0.312 e. The van der Waals surface area contributed by atoms with Gasteiger partial charge in [-0.1, -0.05) is 74.7 Å². The molecule has 5 unspecified atom stereocenters. The number of esters is 1. The van der Waals surface area contributed by atoms with Crippen LogP contribution in [0.15, 0.2) is 47.3 Å². The van der Waals surface area contributed by atoms with Crippen LogP contribution in [-0.4, -0.2) is 81.4 Å². The molecule has 0 aromatic heterocycles. The number of carbonyl (C=O) groups is 5. The topological polar surface area (TPSA) is 172 Å². The molecule has 0 bridgehead atoms. The first-order chi connectivity index (χ1) is 23.9. The Balaban J connectivity index is 1.30. The normalized spacial score (nSPS) is 28.5. The van der Waals surface area contributed by atoms with E-state index in [0.29, 0.717) is 30.2 Å². The first-order valence-electron chi connectivity index (χ1n) is 17.4. The maximum atomic E-state index is 14.1. The fourth-order valence-electron chi connectivity index (χ4n) is 7.33. The van der Waals surface area contributed by atoms with Crippen molar-refractivity contribution in [3.63, 3.8) is 0 Å². The Morgan fingerprint density at radius 1 is 1.02 bits per heavy atom. The zero-order valence-electron chi connectivity index (χ0n) is 28.4. The summed E-state index contributed by atoms with van der Waals surface area (Å²) in [4.78, 5) is 71.5. The molecule has 2 aliphatic carbocycles. The Morgan fingerprint density at radius 3 is 2.38 bits per heavy atom. The van der Waals surface area contributed by atoms with Crippen LogP contribution in [0.5, 0.6) is 0 Å². The lowest BCUT2D eigenvalue weighted by Gasteiger charge is -2.30. The molecule has 1 aromatic rings. The third-order valence-electron chi connectivity index (χ3n) is 10.1. The molecule has 2 saturated carbocycles. The number of oxime groups is 1. The molecule has 4 N–H and O–H groups in total. The molecule has 2 heterocycles. The van der Waals surface area contributed by atoms with Gasteiger partial charge < -0.3 is 30.6 Å². The van der Waals surface area contributed by atoms with Crippen molar-refractivity contribution in [2.75, 3.05) is 6.61 Å². The summed E-state index contributed by atoms with van der Waals surface area (Å²) in [6.45, 7) is 3.08. The van der Waals surface area contributed by atoms with Crippen molar-refractivity contribution < 1.29 is 38.7 Å². The first kappa shape index (κ1) is 37.6. The number of aliphatic carboxylic acids is 1. The number of hydrogen-bond donors (Lipinski definition) is 4. The van der Waals surface area contributed by atoms with Gasteiger partial charge in [0, 0.05) is 29.6 Å². The highest BCUT2D eigenvalue weighted by molar-refractivity contribution is 6.26. The lowest BCUT2D eigenvalue weighted by Crippen LogP contribution is -2.55. The number of alkyl halides is 2. The van der Waals surface area contributed by atoms with Gasteiger partial charge in [-0.3, -0.25) is 24.0 Å². The molecule has 12 nitrogen and oxygen atoms in total. The SMILES string of the molecule is CC(C)[C@H](NC(=O)C1=CC2CCCCC2N1)C1=NOC(Cc2ccccc2)(C(=O)N[C@@H](CC(=O)O)C(=O)COC(=O)C2C(Cl)CCCC2Cl)C1. The van der Waals surface area contributed by atoms with Gasteiger partial charge >= 0.3 is 11.9 Å². The number of fused-ring (bicyclic) bond motifs is 1. The van der Waals surface area contributed by atoms with E-state index in [9.17, 15) is 29.1 Å². The predicted octanol–water partition coefficient (Wildman–Crippen LogP) is 4.02. The molecular formula is C36H46Cl2N4O8. The van der Waals surface area contributed by atoms with E-state index in [0.717, 1.165) is 37.7 Å². The second-order valence-corrected chi connectivity index (χ2v) is 15.3. The second kappa shape index (κ2) is 16.6. The van der Waals surface area contributed by atoms with Gasteiger partial charge in [0.2, 0.25) is 5.60 Å². The average Bonchev–Trinajstić information content (AvgIpc) is 3.71. The lowest BCUT2D eigenvalue weighted by atomic mass is 9.84. The van der Waals surface area contributed by atoms with Crippen molar-refractivity contribution >= 4 is 58.4 Å². The number of carbonyl (C=O) groups excluding carboxylic acids is 4. The van der Waals surface area contributed by atoms with Crippen molar-refractivity contribution in [2.45, 2.75) is 113 Å². The Labute approximate surface area is 302 Å². The predicted molar refractivity (Wildman–Crippen MR) is 187 cm³/mol. The fourth-order valence-corrected chi connectivity index (χ4v) is 8.27. The average molecular weight is 734 g/mol. The van der Waals surface area contributed by atoms with Gasteiger partial charge in [-0.05, 0) is 43.1 Å². The van der Waals surface area contributed by atoms with Crippen molar-refractivity contribution in [3.05, 3.63) is 47.7 Å². The molecule has 7 atom stereocenters. The Kier molecular flexibility index (Phi) is 12.5. The summed E-state index contributed by atoms with van der Waals surface area (Å²) in [5, 5.41) is 21.9. The van der Waals surface area contributed by atoms with Crippen LogP contribution in [0.25, 0.3) is 0 Å². The number of carboxylic acid groups (broad SMARTS) is 1. The second-order valence-electron chi connectivity index (χ2n) is 14.2. The van der Waals surface area contributed by atoms with Crippen LogP contribution in [0, 0.1) is 17.8 Å². The molecule has 2 fully saturated rings. The summed E-state index contributed by atoms with van der Waals surface area (Å²) >= 11 is 12.6. The van der Waals surface area contributed by atoms with Gasteiger partial charge in [-0.15, -0.1) is 23.2 Å². The molecular weight excluding hydrogens is 687 g/mol. The van der Waals surface area contributed by atoms with Crippen LogP contribution in [-0.2, 0) is 40.0 Å². The number of nitrogens with one attached hydrogen (secondary N) is 3. The third kappa shape index (κ3) is 8.98. The summed E-state index contributed by atoms with van der Waals surface area (Å²) in [6, 6.07) is 7.21. The molecule has 14 heteroatoms. The van der Waals surface area contributed by atoms with Crippen LogP contribution in [0.1, 0.15) is 77.2 Å².